The number of sulfone groups is 2. The molecule has 0 aromatic heterocycles. The molecular weight excluding hydrogens is 457 g/mol. The van der Waals surface area contributed by atoms with Gasteiger partial charge in [0.15, 0.2) is 25.5 Å². The summed E-state index contributed by atoms with van der Waals surface area (Å²) in [6.07, 6.45) is 1.71. The quantitative estimate of drug-likeness (QED) is 0.626. The number of halogens is 3. The van der Waals surface area contributed by atoms with E-state index >= 15 is 0 Å². The fourth-order valence-electron chi connectivity index (χ4n) is 3.30. The number of piperazine rings is 1. The summed E-state index contributed by atoms with van der Waals surface area (Å²) in [5, 5.41) is 0. The summed E-state index contributed by atoms with van der Waals surface area (Å²) in [5.41, 5.74) is -0.823. The molecule has 0 bridgehead atoms. The van der Waals surface area contributed by atoms with Crippen LogP contribution in [-0.2, 0) is 19.7 Å². The second-order valence-corrected chi connectivity index (χ2v) is 11.2. The van der Waals surface area contributed by atoms with Gasteiger partial charge in [-0.3, -0.25) is 4.79 Å². The summed E-state index contributed by atoms with van der Waals surface area (Å²) in [7, 11) is -7.58. The minimum Gasteiger partial charge on any atom is -0.366 e. The predicted molar refractivity (Wildman–Crippen MR) is 107 cm³/mol. The molecule has 0 unspecified atom stereocenters. The van der Waals surface area contributed by atoms with Gasteiger partial charge < -0.3 is 9.80 Å². The molecule has 0 spiro atoms. The minimum absolute atomic E-state index is 0.00587. The molecule has 0 aliphatic carbocycles. The molecule has 2 aromatic carbocycles. The number of amides is 1. The smallest absolute Gasteiger partial charge is 0.259 e. The van der Waals surface area contributed by atoms with E-state index in [0.29, 0.717) is 0 Å². The molecule has 0 atom stereocenters. The van der Waals surface area contributed by atoms with Gasteiger partial charge >= 0.3 is 0 Å². The van der Waals surface area contributed by atoms with Crippen LogP contribution in [0.3, 0.4) is 0 Å². The van der Waals surface area contributed by atoms with E-state index in [-0.39, 0.29) is 36.8 Å². The summed E-state index contributed by atoms with van der Waals surface area (Å²) >= 11 is 0. The normalized spacial score (nSPS) is 15.3. The number of anilines is 1. The van der Waals surface area contributed by atoms with Crippen molar-refractivity contribution in [1.29, 1.82) is 0 Å². The highest BCUT2D eigenvalue weighted by molar-refractivity contribution is 7.91. The standard InChI is InChI=1S/C19H19F3N2O5S2/c1-30(26,27)12-3-5-15(14(21)11-12)23-7-9-24(10-8-23)19(25)17-13(20)4-6-16(18(17)22)31(2,28)29/h3-6,11H,7-10H2,1-2H3. The van der Waals surface area contributed by atoms with Crippen LogP contribution < -0.4 is 4.90 Å². The zero-order valence-corrected chi connectivity index (χ0v) is 18.2. The average molecular weight is 476 g/mol. The monoisotopic (exact) mass is 476 g/mol. The van der Waals surface area contributed by atoms with Crippen LogP contribution in [0.4, 0.5) is 18.9 Å². The largest absolute Gasteiger partial charge is 0.366 e. The number of hydrogen-bond donors (Lipinski definition) is 0. The summed E-state index contributed by atoms with van der Waals surface area (Å²) < 4.78 is 89.6. The molecule has 1 heterocycles. The first kappa shape index (κ1) is 23.1. The highest BCUT2D eigenvalue weighted by atomic mass is 32.2. The lowest BCUT2D eigenvalue weighted by molar-refractivity contribution is 0.0736. The Balaban J connectivity index is 1.80. The van der Waals surface area contributed by atoms with E-state index in [9.17, 15) is 34.8 Å². The van der Waals surface area contributed by atoms with E-state index in [0.717, 1.165) is 35.6 Å². The van der Waals surface area contributed by atoms with E-state index in [1.54, 1.807) is 4.90 Å². The van der Waals surface area contributed by atoms with Crippen molar-refractivity contribution in [1.82, 2.24) is 4.90 Å². The van der Waals surface area contributed by atoms with Crippen LogP contribution in [0.2, 0.25) is 0 Å². The fourth-order valence-corrected chi connectivity index (χ4v) is 4.67. The Hall–Kier alpha value is -2.60. The number of nitrogens with zero attached hydrogens (tertiary/aromatic N) is 2. The molecule has 1 aliphatic rings. The molecule has 3 rings (SSSR count). The number of carbonyl (C=O) groups excluding carboxylic acids is 1. The Kier molecular flexibility index (Phi) is 6.07. The minimum atomic E-state index is -4.01. The Bertz CT molecular complexity index is 1260. The van der Waals surface area contributed by atoms with Crippen molar-refractivity contribution in [2.45, 2.75) is 9.79 Å². The molecule has 1 amide bonds. The first-order valence-electron chi connectivity index (χ1n) is 9.02. The molecule has 0 saturated carbocycles. The molecule has 0 N–H and O–H groups in total. The zero-order chi connectivity index (χ0) is 23.1. The van der Waals surface area contributed by atoms with Gasteiger partial charge in [-0.1, -0.05) is 0 Å². The van der Waals surface area contributed by atoms with Gasteiger partial charge in [-0.05, 0) is 30.3 Å². The topological polar surface area (TPSA) is 91.8 Å². The average Bonchev–Trinajstić information content (AvgIpc) is 2.66. The highest BCUT2D eigenvalue weighted by Gasteiger charge is 2.30. The van der Waals surface area contributed by atoms with Crippen LogP contribution in [-0.4, -0.2) is 66.3 Å². The van der Waals surface area contributed by atoms with Crippen LogP contribution in [0.25, 0.3) is 0 Å². The maximum absolute atomic E-state index is 14.6. The zero-order valence-electron chi connectivity index (χ0n) is 16.6. The molecule has 168 valence electrons. The van der Waals surface area contributed by atoms with Gasteiger partial charge in [-0.2, -0.15) is 0 Å². The molecule has 1 saturated heterocycles. The summed E-state index contributed by atoms with van der Waals surface area (Å²) in [6, 6.07) is 4.98. The first-order valence-corrected chi connectivity index (χ1v) is 12.8. The number of hydrogen-bond acceptors (Lipinski definition) is 6. The lowest BCUT2D eigenvalue weighted by atomic mass is 10.1. The van der Waals surface area contributed by atoms with Crippen molar-refractivity contribution in [2.75, 3.05) is 43.6 Å². The lowest BCUT2D eigenvalue weighted by Crippen LogP contribution is -2.49. The second kappa shape index (κ2) is 8.15. The van der Waals surface area contributed by atoms with Crippen molar-refractivity contribution in [3.8, 4) is 0 Å². The van der Waals surface area contributed by atoms with E-state index in [2.05, 4.69) is 0 Å². The number of carbonyl (C=O) groups is 1. The van der Waals surface area contributed by atoms with E-state index in [4.69, 9.17) is 0 Å². The lowest BCUT2D eigenvalue weighted by Gasteiger charge is -2.36. The van der Waals surface area contributed by atoms with Crippen molar-refractivity contribution >= 4 is 31.3 Å². The third-order valence-electron chi connectivity index (χ3n) is 4.92. The molecule has 2 aromatic rings. The van der Waals surface area contributed by atoms with Gasteiger partial charge in [-0.25, -0.2) is 30.0 Å². The SMILES string of the molecule is CS(=O)(=O)c1ccc(N2CCN(C(=O)c3c(F)ccc(S(C)(=O)=O)c3F)CC2)c(F)c1. The number of benzene rings is 2. The van der Waals surface area contributed by atoms with Crippen molar-refractivity contribution < 1.29 is 34.8 Å². The van der Waals surface area contributed by atoms with Crippen molar-refractivity contribution in [3.05, 3.63) is 53.3 Å². The second-order valence-electron chi connectivity index (χ2n) is 7.17. The Morgan fingerprint density at radius 2 is 1.45 bits per heavy atom. The maximum atomic E-state index is 14.6. The van der Waals surface area contributed by atoms with Gasteiger partial charge in [-0.15, -0.1) is 0 Å². The van der Waals surface area contributed by atoms with Crippen LogP contribution in [0, 0.1) is 17.5 Å². The molecule has 1 aliphatic heterocycles. The van der Waals surface area contributed by atoms with Gasteiger partial charge in [0.05, 0.1) is 10.6 Å². The van der Waals surface area contributed by atoms with Crippen molar-refractivity contribution in [3.63, 3.8) is 0 Å². The van der Waals surface area contributed by atoms with Crippen molar-refractivity contribution in [2.24, 2.45) is 0 Å². The first-order chi connectivity index (χ1) is 14.3. The molecular formula is C19H19F3N2O5S2. The van der Waals surface area contributed by atoms with Gasteiger partial charge in [0.1, 0.15) is 22.1 Å². The Labute approximate surface area is 177 Å². The van der Waals surface area contributed by atoms with E-state index in [1.165, 1.54) is 12.1 Å². The molecule has 1 fully saturated rings. The highest BCUT2D eigenvalue weighted by Crippen LogP contribution is 2.26. The van der Waals surface area contributed by atoms with Crippen LogP contribution in [0.1, 0.15) is 10.4 Å². The summed E-state index contributed by atoms with van der Waals surface area (Å²) in [4.78, 5) is 14.5. The van der Waals surface area contributed by atoms with Gasteiger partial charge in [0.25, 0.3) is 5.91 Å². The third-order valence-corrected chi connectivity index (χ3v) is 7.15. The summed E-state index contributed by atoms with van der Waals surface area (Å²) in [6.45, 7) is 0.230. The molecule has 0 radical (unpaired) electrons. The molecule has 31 heavy (non-hydrogen) atoms. The molecule has 7 nitrogen and oxygen atoms in total. The van der Waals surface area contributed by atoms with Crippen LogP contribution in [0.15, 0.2) is 40.1 Å². The van der Waals surface area contributed by atoms with Crippen LogP contribution >= 0.6 is 0 Å². The fraction of sp³-hybridized carbons (Fsp3) is 0.316. The Morgan fingerprint density at radius 1 is 0.839 bits per heavy atom. The van der Waals surface area contributed by atoms with Gasteiger partial charge in [0.2, 0.25) is 0 Å². The van der Waals surface area contributed by atoms with Gasteiger partial charge in [0, 0.05) is 38.7 Å². The summed E-state index contributed by atoms with van der Waals surface area (Å²) in [5.74, 6) is -4.38. The predicted octanol–water partition coefficient (Wildman–Crippen LogP) is 1.87. The number of rotatable bonds is 4. The van der Waals surface area contributed by atoms with Crippen LogP contribution in [0.5, 0.6) is 0 Å². The Morgan fingerprint density at radius 3 is 1.97 bits per heavy atom. The third kappa shape index (κ3) is 4.69. The van der Waals surface area contributed by atoms with E-state index in [1.807, 2.05) is 0 Å². The molecule has 12 heteroatoms. The maximum Gasteiger partial charge on any atom is 0.259 e. The van der Waals surface area contributed by atoms with E-state index < -0.39 is 53.5 Å².